The minimum Gasteiger partial charge on any atom is -0.494 e. The summed E-state index contributed by atoms with van der Waals surface area (Å²) in [5.74, 6) is 1.21. The Hall–Kier alpha value is -3.87. The molecule has 0 saturated heterocycles. The van der Waals surface area contributed by atoms with Crippen LogP contribution in [0.4, 0.5) is 11.5 Å². The summed E-state index contributed by atoms with van der Waals surface area (Å²) in [5, 5.41) is 11.0. The number of rotatable bonds is 5. The zero-order valence-electron chi connectivity index (χ0n) is 20.5. The van der Waals surface area contributed by atoms with Gasteiger partial charge in [-0.15, -0.1) is 0 Å². The van der Waals surface area contributed by atoms with Gasteiger partial charge in [-0.1, -0.05) is 43.7 Å². The number of Topliss-reactive ketones (excluding diaryl/α,β-unsaturated/α-hetero) is 1. The fraction of sp³-hybridized carbons (Fsp3) is 0.321. The number of anilines is 2. The van der Waals surface area contributed by atoms with Crippen molar-refractivity contribution in [1.82, 2.24) is 9.78 Å². The summed E-state index contributed by atoms with van der Waals surface area (Å²) in [4.78, 5) is 26.6. The monoisotopic (exact) mass is 470 g/mol. The van der Waals surface area contributed by atoms with Gasteiger partial charge < -0.3 is 15.4 Å². The van der Waals surface area contributed by atoms with E-state index in [1.165, 1.54) is 0 Å². The molecule has 0 fully saturated rings. The summed E-state index contributed by atoms with van der Waals surface area (Å²) >= 11 is 0. The first-order chi connectivity index (χ1) is 16.8. The lowest BCUT2D eigenvalue weighted by molar-refractivity contribution is -0.118. The molecule has 2 aliphatic rings. The topological polar surface area (TPSA) is 85.2 Å². The number of aryl methyl sites for hydroxylation is 1. The number of ketones is 1. The van der Waals surface area contributed by atoms with Crippen LogP contribution in [0.15, 0.2) is 66.0 Å². The zero-order chi connectivity index (χ0) is 24.7. The van der Waals surface area contributed by atoms with Crippen molar-refractivity contribution >= 4 is 23.2 Å². The molecule has 5 rings (SSSR count). The predicted molar refractivity (Wildman–Crippen MR) is 136 cm³/mol. The summed E-state index contributed by atoms with van der Waals surface area (Å²) in [6, 6.07) is 15.0. The Kier molecular flexibility index (Phi) is 5.71. The molecule has 2 heterocycles. The second-order valence-corrected chi connectivity index (χ2v) is 10.0. The molecule has 7 nitrogen and oxygen atoms in total. The molecule has 3 aromatic rings. The quantitative estimate of drug-likeness (QED) is 0.514. The summed E-state index contributed by atoms with van der Waals surface area (Å²) in [6.07, 6.45) is 2.78. The van der Waals surface area contributed by atoms with Crippen molar-refractivity contribution in [1.29, 1.82) is 0 Å². The third-order valence-corrected chi connectivity index (χ3v) is 6.53. The number of ether oxygens (including phenoxy) is 1. The maximum atomic E-state index is 13.4. The van der Waals surface area contributed by atoms with Crippen molar-refractivity contribution in [3.8, 4) is 5.75 Å². The summed E-state index contributed by atoms with van der Waals surface area (Å²) in [5.41, 5.74) is 4.64. The van der Waals surface area contributed by atoms with Gasteiger partial charge in [0, 0.05) is 23.4 Å². The molecule has 7 heteroatoms. The van der Waals surface area contributed by atoms with Gasteiger partial charge in [0.05, 0.1) is 12.8 Å². The van der Waals surface area contributed by atoms with Crippen LogP contribution in [0, 0.1) is 12.3 Å². The first-order valence-corrected chi connectivity index (χ1v) is 12.0. The first kappa shape index (κ1) is 22.9. The highest BCUT2D eigenvalue weighted by Crippen LogP contribution is 2.46. The fourth-order valence-corrected chi connectivity index (χ4v) is 5.03. The first-order valence-electron chi connectivity index (χ1n) is 12.0. The van der Waals surface area contributed by atoms with Crippen LogP contribution in [0.2, 0.25) is 0 Å². The number of nitrogens with one attached hydrogen (secondary N) is 2. The molecule has 0 saturated carbocycles. The van der Waals surface area contributed by atoms with E-state index in [2.05, 4.69) is 35.6 Å². The average Bonchev–Trinajstić information content (AvgIpc) is 3.22. The van der Waals surface area contributed by atoms with Crippen LogP contribution in [0.1, 0.15) is 61.1 Å². The van der Waals surface area contributed by atoms with E-state index in [1.54, 1.807) is 10.9 Å². The van der Waals surface area contributed by atoms with Gasteiger partial charge in [0.2, 0.25) is 0 Å². The lowest BCUT2D eigenvalue weighted by atomic mass is 9.73. The number of hydrogen-bond donors (Lipinski definition) is 2. The molecular weight excluding hydrogens is 440 g/mol. The van der Waals surface area contributed by atoms with E-state index in [4.69, 9.17) is 4.74 Å². The number of fused-ring (bicyclic) bond motifs is 1. The van der Waals surface area contributed by atoms with Crippen LogP contribution < -0.4 is 15.4 Å². The predicted octanol–water partition coefficient (Wildman–Crippen LogP) is 5.50. The summed E-state index contributed by atoms with van der Waals surface area (Å²) < 4.78 is 7.26. The normalized spacial score (nSPS) is 18.4. The van der Waals surface area contributed by atoms with Crippen molar-refractivity contribution in [2.45, 2.75) is 46.6 Å². The lowest BCUT2D eigenvalue weighted by Gasteiger charge is -2.39. The molecule has 1 amide bonds. The van der Waals surface area contributed by atoms with Gasteiger partial charge in [-0.2, -0.15) is 5.10 Å². The molecule has 0 radical (unpaired) electrons. The van der Waals surface area contributed by atoms with Crippen LogP contribution in [0.5, 0.6) is 5.75 Å². The standard InChI is InChI=1S/C28H30N4O3/c1-5-35-20-11-9-19(10-12-20)30-27(34)21-16-29-32-25(18-8-6-7-17(2)13-18)24-22(31-26(21)32)14-28(3,4)15-23(24)33/h6-13,16,25,31H,5,14-15H2,1-4H3,(H,30,34)/t25-/m0/s1. The van der Waals surface area contributed by atoms with Crippen molar-refractivity contribution < 1.29 is 14.3 Å². The molecule has 0 spiro atoms. The van der Waals surface area contributed by atoms with Crippen LogP contribution in [-0.4, -0.2) is 28.1 Å². The summed E-state index contributed by atoms with van der Waals surface area (Å²) in [7, 11) is 0. The van der Waals surface area contributed by atoms with Crippen molar-refractivity contribution in [3.63, 3.8) is 0 Å². The van der Waals surface area contributed by atoms with Gasteiger partial charge in [-0.25, -0.2) is 4.68 Å². The lowest BCUT2D eigenvalue weighted by Crippen LogP contribution is -2.37. The minimum absolute atomic E-state index is 0.122. The van der Waals surface area contributed by atoms with Crippen LogP contribution in [-0.2, 0) is 4.79 Å². The molecule has 0 unspecified atom stereocenters. The summed E-state index contributed by atoms with van der Waals surface area (Å²) in [6.45, 7) is 8.75. The molecule has 180 valence electrons. The highest BCUT2D eigenvalue weighted by Gasteiger charge is 2.42. The Morgan fingerprint density at radius 3 is 2.69 bits per heavy atom. The Morgan fingerprint density at radius 1 is 1.20 bits per heavy atom. The van der Waals surface area contributed by atoms with Gasteiger partial charge in [-0.05, 0) is 55.5 Å². The molecule has 2 aromatic carbocycles. The molecule has 1 aliphatic heterocycles. The van der Waals surface area contributed by atoms with E-state index in [1.807, 2.05) is 56.3 Å². The van der Waals surface area contributed by atoms with Gasteiger partial charge in [0.15, 0.2) is 5.78 Å². The second-order valence-electron chi connectivity index (χ2n) is 10.0. The van der Waals surface area contributed by atoms with Crippen molar-refractivity contribution in [2.24, 2.45) is 5.41 Å². The van der Waals surface area contributed by atoms with E-state index < -0.39 is 0 Å². The third-order valence-electron chi connectivity index (χ3n) is 6.53. The van der Waals surface area contributed by atoms with E-state index in [-0.39, 0.29) is 23.1 Å². The number of hydrogen-bond acceptors (Lipinski definition) is 5. The molecular formula is C28H30N4O3. The Morgan fingerprint density at radius 2 is 1.97 bits per heavy atom. The van der Waals surface area contributed by atoms with E-state index in [0.717, 1.165) is 34.6 Å². The number of carbonyl (C=O) groups is 2. The van der Waals surface area contributed by atoms with E-state index in [9.17, 15) is 9.59 Å². The number of carbonyl (C=O) groups excluding carboxylic acids is 2. The van der Waals surface area contributed by atoms with Crippen LogP contribution in [0.25, 0.3) is 0 Å². The molecule has 1 aromatic heterocycles. The number of nitrogens with zero attached hydrogens (tertiary/aromatic N) is 2. The Labute approximate surface area is 205 Å². The second kappa shape index (κ2) is 8.73. The molecule has 0 bridgehead atoms. The molecule has 2 N–H and O–H groups in total. The Bertz CT molecular complexity index is 1330. The fourth-order valence-electron chi connectivity index (χ4n) is 5.03. The van der Waals surface area contributed by atoms with Crippen molar-refractivity contribution in [2.75, 3.05) is 17.2 Å². The highest BCUT2D eigenvalue weighted by molar-refractivity contribution is 6.08. The molecule has 1 atom stereocenters. The Balaban J connectivity index is 1.53. The SMILES string of the molecule is CCOc1ccc(NC(=O)c2cnn3c2NC2=C(C(=O)CC(C)(C)C2)[C@@H]3c2cccc(C)c2)cc1. The number of amides is 1. The molecule has 1 aliphatic carbocycles. The van der Waals surface area contributed by atoms with Crippen LogP contribution >= 0.6 is 0 Å². The van der Waals surface area contributed by atoms with E-state index in [0.29, 0.717) is 30.1 Å². The van der Waals surface area contributed by atoms with Crippen molar-refractivity contribution in [3.05, 3.63) is 82.7 Å². The largest absolute Gasteiger partial charge is 0.494 e. The number of aromatic nitrogens is 2. The van der Waals surface area contributed by atoms with Crippen LogP contribution in [0.3, 0.4) is 0 Å². The zero-order valence-corrected chi connectivity index (χ0v) is 20.5. The maximum absolute atomic E-state index is 13.4. The number of allylic oxidation sites excluding steroid dienone is 2. The minimum atomic E-state index is -0.378. The highest BCUT2D eigenvalue weighted by atomic mass is 16.5. The van der Waals surface area contributed by atoms with E-state index >= 15 is 0 Å². The maximum Gasteiger partial charge on any atom is 0.261 e. The van der Waals surface area contributed by atoms with Gasteiger partial charge >= 0.3 is 0 Å². The molecule has 35 heavy (non-hydrogen) atoms. The van der Waals surface area contributed by atoms with Gasteiger partial charge in [-0.3, -0.25) is 9.59 Å². The smallest absolute Gasteiger partial charge is 0.261 e. The number of benzene rings is 2. The third kappa shape index (κ3) is 4.34. The average molecular weight is 471 g/mol. The van der Waals surface area contributed by atoms with Gasteiger partial charge in [0.25, 0.3) is 5.91 Å². The van der Waals surface area contributed by atoms with Gasteiger partial charge in [0.1, 0.15) is 23.2 Å².